The average Bonchev–Trinajstić information content (AvgIpc) is 2.40. The van der Waals surface area contributed by atoms with Gasteiger partial charge in [0, 0.05) is 11.9 Å². The Hall–Kier alpha value is -0.800. The van der Waals surface area contributed by atoms with Crippen LogP contribution in [0.5, 0.6) is 0 Å². The topological polar surface area (TPSA) is 48.0 Å². The predicted octanol–water partition coefficient (Wildman–Crippen LogP) is 0.656. The molecule has 0 radical (unpaired) electrons. The molecule has 0 bridgehead atoms. The van der Waals surface area contributed by atoms with Crippen LogP contribution in [0.3, 0.4) is 0 Å². The first-order chi connectivity index (χ1) is 5.25. The summed E-state index contributed by atoms with van der Waals surface area (Å²) in [5, 5.41) is 12.3. The van der Waals surface area contributed by atoms with Gasteiger partial charge < -0.3 is 15.4 Å². The molecule has 1 rings (SSSR count). The number of aliphatic hydroxyl groups is 1. The summed E-state index contributed by atoms with van der Waals surface area (Å²) in [7, 11) is 1.83. The van der Waals surface area contributed by atoms with Gasteiger partial charge in [0.15, 0.2) is 0 Å². The summed E-state index contributed by atoms with van der Waals surface area (Å²) in [6.45, 7) is 1.77. The molecule has 2 unspecified atom stereocenters. The Bertz CT molecular complexity index is 194. The van der Waals surface area contributed by atoms with Crippen molar-refractivity contribution in [3.05, 3.63) is 24.0 Å². The fraction of sp³-hybridized carbons (Fsp3) is 0.500. The number of rotatable bonds is 3. The first-order valence-electron chi connectivity index (χ1n) is 3.74. The van der Waals surface area contributed by atoms with Gasteiger partial charge in [-0.1, -0.05) is 0 Å². The van der Waals surface area contributed by atoms with E-state index < -0.39 is 0 Å². The van der Waals surface area contributed by atoms with Crippen LogP contribution < -0.4 is 5.32 Å². The van der Waals surface area contributed by atoms with Crippen LogP contribution in [0.2, 0.25) is 0 Å². The Labute approximate surface area is 66.4 Å². The molecule has 3 heteroatoms. The maximum absolute atomic E-state index is 9.30. The molecule has 1 heterocycles. The predicted molar refractivity (Wildman–Crippen MR) is 44.3 cm³/mol. The van der Waals surface area contributed by atoms with E-state index >= 15 is 0 Å². The Morgan fingerprint density at radius 2 is 2.36 bits per heavy atom. The lowest BCUT2D eigenvalue weighted by Crippen LogP contribution is -2.27. The molecule has 0 aliphatic heterocycles. The van der Waals surface area contributed by atoms with E-state index in [1.807, 2.05) is 25.4 Å². The van der Waals surface area contributed by atoms with Crippen molar-refractivity contribution < 1.29 is 5.11 Å². The highest BCUT2D eigenvalue weighted by atomic mass is 16.3. The monoisotopic (exact) mass is 154 g/mol. The van der Waals surface area contributed by atoms with Crippen LogP contribution >= 0.6 is 0 Å². The third kappa shape index (κ3) is 1.82. The van der Waals surface area contributed by atoms with Gasteiger partial charge in [-0.3, -0.25) is 0 Å². The number of hydrogen-bond donors (Lipinski definition) is 3. The molecular weight excluding hydrogens is 140 g/mol. The molecule has 62 valence electrons. The quantitative estimate of drug-likeness (QED) is 0.599. The highest BCUT2D eigenvalue weighted by Gasteiger charge is 2.14. The van der Waals surface area contributed by atoms with Crippen molar-refractivity contribution in [3.63, 3.8) is 0 Å². The van der Waals surface area contributed by atoms with E-state index in [0.29, 0.717) is 0 Å². The van der Waals surface area contributed by atoms with Gasteiger partial charge in [-0.05, 0) is 26.1 Å². The van der Waals surface area contributed by atoms with Gasteiger partial charge in [-0.2, -0.15) is 0 Å². The number of aliphatic hydroxyl groups excluding tert-OH is 1. The molecule has 0 spiro atoms. The smallest absolute Gasteiger partial charge is 0.0731 e. The van der Waals surface area contributed by atoms with E-state index in [1.165, 1.54) is 0 Å². The second-order valence-corrected chi connectivity index (χ2v) is 2.63. The van der Waals surface area contributed by atoms with Gasteiger partial charge in [0.1, 0.15) is 0 Å². The number of aromatic amines is 1. The minimum absolute atomic E-state index is 0.00463. The molecule has 1 aromatic heterocycles. The number of aromatic nitrogens is 1. The molecule has 0 saturated heterocycles. The second-order valence-electron chi connectivity index (χ2n) is 2.63. The summed E-state index contributed by atoms with van der Waals surface area (Å²) in [4.78, 5) is 3.05. The molecule has 0 amide bonds. The molecule has 3 nitrogen and oxygen atoms in total. The van der Waals surface area contributed by atoms with E-state index in [4.69, 9.17) is 0 Å². The summed E-state index contributed by atoms with van der Waals surface area (Å²) in [6, 6.07) is 3.88. The van der Waals surface area contributed by atoms with Gasteiger partial charge >= 0.3 is 0 Å². The minimum atomic E-state index is -0.376. The SMILES string of the molecule is CNC(c1ccc[nH]1)C(C)O. The third-order valence-corrected chi connectivity index (χ3v) is 1.75. The summed E-state index contributed by atoms with van der Waals surface area (Å²) in [5.41, 5.74) is 1.02. The summed E-state index contributed by atoms with van der Waals surface area (Å²) < 4.78 is 0. The molecule has 1 aromatic rings. The molecule has 3 N–H and O–H groups in total. The zero-order valence-electron chi connectivity index (χ0n) is 6.83. The minimum Gasteiger partial charge on any atom is -0.391 e. The van der Waals surface area contributed by atoms with Crippen LogP contribution in [0, 0.1) is 0 Å². The molecule has 0 fully saturated rings. The first kappa shape index (κ1) is 8.30. The van der Waals surface area contributed by atoms with E-state index in [2.05, 4.69) is 10.3 Å². The summed E-state index contributed by atoms with van der Waals surface area (Å²) in [5.74, 6) is 0. The molecule has 0 saturated carbocycles. The Morgan fingerprint density at radius 3 is 2.73 bits per heavy atom. The fourth-order valence-corrected chi connectivity index (χ4v) is 1.19. The van der Waals surface area contributed by atoms with Crippen molar-refractivity contribution in [1.82, 2.24) is 10.3 Å². The van der Waals surface area contributed by atoms with Gasteiger partial charge in [0.25, 0.3) is 0 Å². The van der Waals surface area contributed by atoms with Crippen molar-refractivity contribution >= 4 is 0 Å². The molecular formula is C8H14N2O. The average molecular weight is 154 g/mol. The van der Waals surface area contributed by atoms with E-state index in [1.54, 1.807) is 6.92 Å². The van der Waals surface area contributed by atoms with Gasteiger partial charge in [-0.25, -0.2) is 0 Å². The lowest BCUT2D eigenvalue weighted by molar-refractivity contribution is 0.148. The summed E-state index contributed by atoms with van der Waals surface area (Å²) in [6.07, 6.45) is 1.47. The van der Waals surface area contributed by atoms with Crippen molar-refractivity contribution in [2.24, 2.45) is 0 Å². The van der Waals surface area contributed by atoms with E-state index in [9.17, 15) is 5.11 Å². The fourth-order valence-electron chi connectivity index (χ4n) is 1.19. The third-order valence-electron chi connectivity index (χ3n) is 1.75. The molecule has 0 aliphatic carbocycles. The van der Waals surface area contributed by atoms with Crippen molar-refractivity contribution in [3.8, 4) is 0 Å². The first-order valence-corrected chi connectivity index (χ1v) is 3.74. The number of hydrogen-bond acceptors (Lipinski definition) is 2. The van der Waals surface area contributed by atoms with E-state index in [-0.39, 0.29) is 12.1 Å². The zero-order chi connectivity index (χ0) is 8.27. The normalized spacial score (nSPS) is 16.3. The molecule has 0 aliphatic rings. The Kier molecular flexibility index (Phi) is 2.68. The number of nitrogens with one attached hydrogen (secondary N) is 2. The number of H-pyrrole nitrogens is 1. The standard InChI is InChI=1S/C8H14N2O/c1-6(11)8(9-2)7-4-3-5-10-7/h3-6,8-11H,1-2H3. The van der Waals surface area contributed by atoms with Crippen LogP contribution in [0.1, 0.15) is 18.7 Å². The molecule has 2 atom stereocenters. The van der Waals surface area contributed by atoms with Crippen molar-refractivity contribution in [2.45, 2.75) is 19.1 Å². The molecule has 11 heavy (non-hydrogen) atoms. The largest absolute Gasteiger partial charge is 0.391 e. The summed E-state index contributed by atoms with van der Waals surface area (Å²) >= 11 is 0. The highest BCUT2D eigenvalue weighted by molar-refractivity contribution is 5.10. The molecule has 0 aromatic carbocycles. The maximum Gasteiger partial charge on any atom is 0.0731 e. The van der Waals surface area contributed by atoms with Gasteiger partial charge in [0.2, 0.25) is 0 Å². The van der Waals surface area contributed by atoms with Crippen molar-refractivity contribution in [1.29, 1.82) is 0 Å². The van der Waals surface area contributed by atoms with Crippen LogP contribution in [0.25, 0.3) is 0 Å². The second kappa shape index (κ2) is 3.55. The maximum atomic E-state index is 9.30. The highest BCUT2D eigenvalue weighted by Crippen LogP contribution is 2.13. The van der Waals surface area contributed by atoms with Crippen LogP contribution in [0.4, 0.5) is 0 Å². The van der Waals surface area contributed by atoms with Crippen LogP contribution in [-0.2, 0) is 0 Å². The van der Waals surface area contributed by atoms with Crippen LogP contribution in [0.15, 0.2) is 18.3 Å². The van der Waals surface area contributed by atoms with Crippen LogP contribution in [-0.4, -0.2) is 23.2 Å². The van der Waals surface area contributed by atoms with E-state index in [0.717, 1.165) is 5.69 Å². The zero-order valence-corrected chi connectivity index (χ0v) is 6.83. The van der Waals surface area contributed by atoms with Gasteiger partial charge in [0.05, 0.1) is 12.1 Å². The Balaban J connectivity index is 2.71. The van der Waals surface area contributed by atoms with Gasteiger partial charge in [-0.15, -0.1) is 0 Å². The lowest BCUT2D eigenvalue weighted by atomic mass is 10.1. The Morgan fingerprint density at radius 1 is 1.64 bits per heavy atom. The number of likely N-dealkylation sites (N-methyl/N-ethyl adjacent to an activating group) is 1. The lowest BCUT2D eigenvalue weighted by Gasteiger charge is -2.17. The van der Waals surface area contributed by atoms with Crippen molar-refractivity contribution in [2.75, 3.05) is 7.05 Å².